The molecule has 1 aliphatic rings. The highest BCUT2D eigenvalue weighted by molar-refractivity contribution is 5.91. The summed E-state index contributed by atoms with van der Waals surface area (Å²) in [7, 11) is 0. The van der Waals surface area contributed by atoms with Gasteiger partial charge in [0, 0.05) is 25.2 Å². The van der Waals surface area contributed by atoms with Crippen molar-refractivity contribution >= 4 is 11.9 Å². The zero-order valence-electron chi connectivity index (χ0n) is 15.9. The number of ether oxygens (including phenoxy) is 3. The summed E-state index contributed by atoms with van der Waals surface area (Å²) in [6, 6.07) is 0. The van der Waals surface area contributed by atoms with E-state index in [-0.39, 0.29) is 5.41 Å². The number of hydrogen-bond donors (Lipinski definition) is 0. The maximum Gasteiger partial charge on any atom is 0.331 e. The van der Waals surface area contributed by atoms with Crippen molar-refractivity contribution in [2.75, 3.05) is 46.1 Å². The van der Waals surface area contributed by atoms with E-state index >= 15 is 0 Å². The first kappa shape index (κ1) is 21.6. The first-order chi connectivity index (χ1) is 11.9. The Kier molecular flexibility index (Phi) is 10.4. The Bertz CT molecular complexity index is 422. The average Bonchev–Trinajstić information content (AvgIpc) is 2.56. The van der Waals surface area contributed by atoms with Crippen LogP contribution in [0.2, 0.25) is 0 Å². The highest BCUT2D eigenvalue weighted by Crippen LogP contribution is 2.17. The predicted molar refractivity (Wildman–Crippen MR) is 96.2 cm³/mol. The van der Waals surface area contributed by atoms with Crippen LogP contribution in [0.1, 0.15) is 46.5 Å². The van der Waals surface area contributed by atoms with Crippen molar-refractivity contribution < 1.29 is 23.8 Å². The van der Waals surface area contributed by atoms with Crippen molar-refractivity contribution in [2.24, 2.45) is 5.41 Å². The Morgan fingerprint density at radius 1 is 0.960 bits per heavy atom. The first-order valence-electron chi connectivity index (χ1n) is 9.18. The molecule has 0 amide bonds. The minimum Gasteiger partial charge on any atom is -0.463 e. The van der Waals surface area contributed by atoms with Crippen LogP contribution in [0.25, 0.3) is 0 Å². The summed E-state index contributed by atoms with van der Waals surface area (Å²) in [6.07, 6.45) is 5.98. The van der Waals surface area contributed by atoms with Crippen LogP contribution in [-0.4, -0.2) is 62.9 Å². The fraction of sp³-hybridized carbons (Fsp3) is 0.789. The van der Waals surface area contributed by atoms with E-state index in [4.69, 9.17) is 14.2 Å². The molecule has 0 radical (unpaired) electrons. The van der Waals surface area contributed by atoms with Gasteiger partial charge in [-0.2, -0.15) is 0 Å². The van der Waals surface area contributed by atoms with Crippen molar-refractivity contribution in [1.29, 1.82) is 0 Å². The van der Waals surface area contributed by atoms with Crippen molar-refractivity contribution in [3.8, 4) is 0 Å². The quantitative estimate of drug-likeness (QED) is 0.341. The molecule has 1 fully saturated rings. The lowest BCUT2D eigenvalue weighted by atomic mass is 9.93. The van der Waals surface area contributed by atoms with Gasteiger partial charge in [-0.1, -0.05) is 20.8 Å². The molecule has 0 aromatic rings. The lowest BCUT2D eigenvalue weighted by Gasteiger charge is -2.26. The molecule has 0 spiro atoms. The van der Waals surface area contributed by atoms with Gasteiger partial charge in [-0.15, -0.1) is 0 Å². The van der Waals surface area contributed by atoms with Crippen LogP contribution in [0.15, 0.2) is 12.2 Å². The van der Waals surface area contributed by atoms with Crippen LogP contribution in [0, 0.1) is 5.41 Å². The van der Waals surface area contributed by atoms with Crippen LogP contribution < -0.4 is 0 Å². The fourth-order valence-electron chi connectivity index (χ4n) is 2.30. The summed E-state index contributed by atoms with van der Waals surface area (Å²) in [5.41, 5.74) is 0.116. The standard InChI is InChI=1S/C19H33NO5/c1-19(2,3)9-14-25-18(22)8-7-17(21)24-13-6-4-5-10-20-11-15-23-16-12-20/h7-8H,4-6,9-16H2,1-3H3/b8-7+. The van der Waals surface area contributed by atoms with Crippen molar-refractivity contribution in [3.05, 3.63) is 12.2 Å². The molecule has 0 aromatic carbocycles. The number of nitrogens with zero attached hydrogens (tertiary/aromatic N) is 1. The van der Waals surface area contributed by atoms with Gasteiger partial charge in [0.05, 0.1) is 26.4 Å². The summed E-state index contributed by atoms with van der Waals surface area (Å²) >= 11 is 0. The number of carbonyl (C=O) groups excluding carboxylic acids is 2. The van der Waals surface area contributed by atoms with Gasteiger partial charge >= 0.3 is 11.9 Å². The third-order valence-electron chi connectivity index (χ3n) is 3.92. The maximum absolute atomic E-state index is 11.5. The highest BCUT2D eigenvalue weighted by atomic mass is 16.5. The second-order valence-electron chi connectivity index (χ2n) is 7.49. The zero-order chi connectivity index (χ0) is 18.5. The van der Waals surface area contributed by atoms with Crippen molar-refractivity contribution in [1.82, 2.24) is 4.90 Å². The molecule has 6 heteroatoms. The summed E-state index contributed by atoms with van der Waals surface area (Å²) in [5.74, 6) is -1.01. The molecule has 0 saturated carbocycles. The van der Waals surface area contributed by atoms with Gasteiger partial charge in [-0.05, 0) is 37.6 Å². The summed E-state index contributed by atoms with van der Waals surface area (Å²) < 4.78 is 15.4. The van der Waals surface area contributed by atoms with Gasteiger partial charge in [0.15, 0.2) is 0 Å². The molecule has 6 nitrogen and oxygen atoms in total. The van der Waals surface area contributed by atoms with Gasteiger partial charge < -0.3 is 14.2 Å². The molecule has 1 aliphatic heterocycles. The van der Waals surface area contributed by atoms with E-state index in [1.807, 2.05) is 0 Å². The second-order valence-corrected chi connectivity index (χ2v) is 7.49. The molecule has 0 N–H and O–H groups in total. The Labute approximate surface area is 151 Å². The van der Waals surface area contributed by atoms with Crippen LogP contribution in [-0.2, 0) is 23.8 Å². The van der Waals surface area contributed by atoms with E-state index in [1.54, 1.807) is 0 Å². The molecule has 1 heterocycles. The average molecular weight is 355 g/mol. The monoisotopic (exact) mass is 355 g/mol. The highest BCUT2D eigenvalue weighted by Gasteiger charge is 2.11. The van der Waals surface area contributed by atoms with E-state index in [0.717, 1.165) is 70.7 Å². The van der Waals surface area contributed by atoms with E-state index in [2.05, 4.69) is 25.7 Å². The van der Waals surface area contributed by atoms with Crippen LogP contribution >= 0.6 is 0 Å². The smallest absolute Gasteiger partial charge is 0.331 e. The Morgan fingerprint density at radius 2 is 1.56 bits per heavy atom. The number of carbonyl (C=O) groups is 2. The first-order valence-corrected chi connectivity index (χ1v) is 9.18. The summed E-state index contributed by atoms with van der Waals surface area (Å²) in [6.45, 7) is 11.7. The van der Waals surface area contributed by atoms with Crippen LogP contribution in [0.3, 0.4) is 0 Å². The van der Waals surface area contributed by atoms with Gasteiger partial charge in [0.1, 0.15) is 0 Å². The number of esters is 2. The van der Waals surface area contributed by atoms with E-state index in [0.29, 0.717) is 13.2 Å². The zero-order valence-corrected chi connectivity index (χ0v) is 15.9. The van der Waals surface area contributed by atoms with Gasteiger partial charge in [-0.25, -0.2) is 9.59 Å². The predicted octanol–water partition coefficient (Wildman–Crippen LogP) is 2.57. The third kappa shape index (κ3) is 12.6. The van der Waals surface area contributed by atoms with E-state index in [1.165, 1.54) is 0 Å². The lowest BCUT2D eigenvalue weighted by Crippen LogP contribution is -2.36. The molecule has 0 aliphatic carbocycles. The minimum absolute atomic E-state index is 0.116. The SMILES string of the molecule is CC(C)(C)CCOC(=O)/C=C/C(=O)OCCCCCN1CCOCC1. The molecule has 0 aromatic heterocycles. The second kappa shape index (κ2) is 12.0. The molecule has 144 valence electrons. The normalized spacial score (nSPS) is 16.1. The molecule has 0 atom stereocenters. The molecular weight excluding hydrogens is 322 g/mol. The Balaban J connectivity index is 1.99. The van der Waals surface area contributed by atoms with Gasteiger partial charge in [0.25, 0.3) is 0 Å². The van der Waals surface area contributed by atoms with Crippen LogP contribution in [0.5, 0.6) is 0 Å². The molecular formula is C19H33NO5. The Morgan fingerprint density at radius 3 is 2.16 bits per heavy atom. The molecule has 1 rings (SSSR count). The fourth-order valence-corrected chi connectivity index (χ4v) is 2.30. The van der Waals surface area contributed by atoms with E-state index < -0.39 is 11.9 Å². The molecule has 25 heavy (non-hydrogen) atoms. The third-order valence-corrected chi connectivity index (χ3v) is 3.92. The summed E-state index contributed by atoms with van der Waals surface area (Å²) in [4.78, 5) is 25.4. The molecule has 1 saturated heterocycles. The number of rotatable bonds is 10. The molecule has 0 bridgehead atoms. The maximum atomic E-state index is 11.5. The lowest BCUT2D eigenvalue weighted by molar-refractivity contribution is -0.140. The largest absolute Gasteiger partial charge is 0.463 e. The van der Waals surface area contributed by atoms with Gasteiger partial charge in [0.2, 0.25) is 0 Å². The minimum atomic E-state index is -0.508. The van der Waals surface area contributed by atoms with Crippen molar-refractivity contribution in [2.45, 2.75) is 46.5 Å². The number of hydrogen-bond acceptors (Lipinski definition) is 6. The topological polar surface area (TPSA) is 65.1 Å². The number of unbranched alkanes of at least 4 members (excludes halogenated alkanes) is 2. The van der Waals surface area contributed by atoms with Crippen LogP contribution in [0.4, 0.5) is 0 Å². The Hall–Kier alpha value is -1.40. The number of morpholine rings is 1. The van der Waals surface area contributed by atoms with Gasteiger partial charge in [-0.3, -0.25) is 4.90 Å². The molecule has 0 unspecified atom stereocenters. The van der Waals surface area contributed by atoms with Crippen molar-refractivity contribution in [3.63, 3.8) is 0 Å². The van der Waals surface area contributed by atoms with E-state index in [9.17, 15) is 9.59 Å². The summed E-state index contributed by atoms with van der Waals surface area (Å²) in [5, 5.41) is 0.